The SMILES string of the molecule is CCN(CC)C1CCN(c2nc(COC)c(C=O)s2)C1. The number of carbonyl (C=O) groups excluding carboxylic acids is 1. The summed E-state index contributed by atoms with van der Waals surface area (Å²) in [5.41, 5.74) is 0.758. The number of methoxy groups -OCH3 is 1. The first-order valence-corrected chi connectivity index (χ1v) is 7.97. The van der Waals surface area contributed by atoms with Crippen LogP contribution in [0.15, 0.2) is 0 Å². The highest BCUT2D eigenvalue weighted by atomic mass is 32.1. The van der Waals surface area contributed by atoms with Crippen molar-refractivity contribution in [3.05, 3.63) is 10.6 Å². The van der Waals surface area contributed by atoms with Crippen LogP contribution in [0.5, 0.6) is 0 Å². The molecule has 0 spiro atoms. The smallest absolute Gasteiger partial charge is 0.186 e. The molecule has 6 heteroatoms. The van der Waals surface area contributed by atoms with Crippen LogP contribution in [0.25, 0.3) is 0 Å². The number of aldehydes is 1. The highest BCUT2D eigenvalue weighted by Gasteiger charge is 2.28. The molecule has 0 saturated carbocycles. The zero-order chi connectivity index (χ0) is 14.5. The van der Waals surface area contributed by atoms with E-state index < -0.39 is 0 Å². The maximum absolute atomic E-state index is 11.1. The summed E-state index contributed by atoms with van der Waals surface area (Å²) in [6.07, 6.45) is 2.05. The second-order valence-corrected chi connectivity index (χ2v) is 5.98. The van der Waals surface area contributed by atoms with E-state index >= 15 is 0 Å². The fraction of sp³-hybridized carbons (Fsp3) is 0.714. The molecule has 0 radical (unpaired) electrons. The largest absolute Gasteiger partial charge is 0.378 e. The predicted molar refractivity (Wildman–Crippen MR) is 81.8 cm³/mol. The van der Waals surface area contributed by atoms with Crippen molar-refractivity contribution in [3.8, 4) is 0 Å². The van der Waals surface area contributed by atoms with Gasteiger partial charge in [0.05, 0.1) is 17.2 Å². The van der Waals surface area contributed by atoms with Crippen LogP contribution in [-0.4, -0.2) is 55.5 Å². The van der Waals surface area contributed by atoms with Gasteiger partial charge in [-0.15, -0.1) is 0 Å². The van der Waals surface area contributed by atoms with E-state index in [0.29, 0.717) is 17.5 Å². The summed E-state index contributed by atoms with van der Waals surface area (Å²) >= 11 is 1.47. The topological polar surface area (TPSA) is 45.7 Å². The first kappa shape index (κ1) is 15.4. The van der Waals surface area contributed by atoms with Crippen LogP contribution in [-0.2, 0) is 11.3 Å². The van der Waals surface area contributed by atoms with Crippen LogP contribution in [0, 0.1) is 0 Å². The Balaban J connectivity index is 2.08. The number of rotatable bonds is 7. The Morgan fingerprint density at radius 3 is 2.85 bits per heavy atom. The van der Waals surface area contributed by atoms with Crippen molar-refractivity contribution in [1.82, 2.24) is 9.88 Å². The molecular formula is C14H23N3O2S. The summed E-state index contributed by atoms with van der Waals surface area (Å²) in [7, 11) is 1.62. The molecule has 0 aromatic carbocycles. The Kier molecular flexibility index (Phi) is 5.51. The van der Waals surface area contributed by atoms with Gasteiger partial charge in [0.2, 0.25) is 0 Å². The molecule has 0 N–H and O–H groups in total. The number of aromatic nitrogens is 1. The van der Waals surface area contributed by atoms with Gasteiger partial charge in [0.25, 0.3) is 0 Å². The Bertz CT molecular complexity index is 446. The molecule has 1 aromatic rings. The molecule has 1 aliphatic heterocycles. The van der Waals surface area contributed by atoms with Crippen LogP contribution in [0.1, 0.15) is 35.6 Å². The summed E-state index contributed by atoms with van der Waals surface area (Å²) in [5.74, 6) is 0. The average Bonchev–Trinajstić information content (AvgIpc) is 3.07. The van der Waals surface area contributed by atoms with Gasteiger partial charge in [0.15, 0.2) is 11.4 Å². The van der Waals surface area contributed by atoms with E-state index in [0.717, 1.165) is 49.7 Å². The first-order valence-electron chi connectivity index (χ1n) is 7.16. The van der Waals surface area contributed by atoms with Gasteiger partial charge >= 0.3 is 0 Å². The van der Waals surface area contributed by atoms with E-state index in [4.69, 9.17) is 4.74 Å². The minimum Gasteiger partial charge on any atom is -0.378 e. The molecule has 112 valence electrons. The van der Waals surface area contributed by atoms with E-state index in [1.807, 2.05) is 0 Å². The van der Waals surface area contributed by atoms with Gasteiger partial charge < -0.3 is 9.64 Å². The molecule has 1 aromatic heterocycles. The first-order chi connectivity index (χ1) is 9.73. The molecule has 1 saturated heterocycles. The number of carbonyl (C=O) groups is 1. The molecular weight excluding hydrogens is 274 g/mol. The summed E-state index contributed by atoms with van der Waals surface area (Å²) in [5, 5.41) is 0.953. The lowest BCUT2D eigenvalue weighted by atomic mass is 10.2. The fourth-order valence-electron chi connectivity index (χ4n) is 2.77. The Labute approximate surface area is 124 Å². The van der Waals surface area contributed by atoms with Crippen LogP contribution in [0.3, 0.4) is 0 Å². The normalized spacial score (nSPS) is 19.0. The van der Waals surface area contributed by atoms with Crippen LogP contribution in [0.4, 0.5) is 5.13 Å². The molecule has 0 bridgehead atoms. The van der Waals surface area contributed by atoms with Gasteiger partial charge in [-0.05, 0) is 19.5 Å². The minimum atomic E-state index is 0.401. The summed E-state index contributed by atoms with van der Waals surface area (Å²) in [4.78, 5) is 21.1. The third-order valence-electron chi connectivity index (χ3n) is 3.87. The van der Waals surface area contributed by atoms with Crippen molar-refractivity contribution in [2.45, 2.75) is 32.9 Å². The molecule has 5 nitrogen and oxygen atoms in total. The number of thiazole rings is 1. The number of hydrogen-bond donors (Lipinski definition) is 0. The number of anilines is 1. The second kappa shape index (κ2) is 7.15. The van der Waals surface area contributed by atoms with Crippen LogP contribution < -0.4 is 4.90 Å². The van der Waals surface area contributed by atoms with Crippen molar-refractivity contribution in [3.63, 3.8) is 0 Å². The van der Waals surface area contributed by atoms with E-state index in [1.165, 1.54) is 11.3 Å². The van der Waals surface area contributed by atoms with E-state index in [-0.39, 0.29) is 0 Å². The summed E-state index contributed by atoms with van der Waals surface area (Å²) < 4.78 is 5.10. The van der Waals surface area contributed by atoms with Crippen molar-refractivity contribution in [2.24, 2.45) is 0 Å². The van der Waals surface area contributed by atoms with Gasteiger partial charge in [0.1, 0.15) is 0 Å². The Morgan fingerprint density at radius 1 is 1.50 bits per heavy atom. The summed E-state index contributed by atoms with van der Waals surface area (Å²) in [6, 6.07) is 0.597. The Hall–Kier alpha value is -0.980. The zero-order valence-electron chi connectivity index (χ0n) is 12.5. The Morgan fingerprint density at radius 2 is 2.25 bits per heavy atom. The molecule has 1 unspecified atom stereocenters. The third-order valence-corrected chi connectivity index (χ3v) is 4.95. The molecule has 2 rings (SSSR count). The third kappa shape index (κ3) is 3.19. The van der Waals surface area contributed by atoms with Gasteiger partial charge in [-0.25, -0.2) is 4.98 Å². The number of ether oxygens (including phenoxy) is 1. The molecule has 1 aliphatic rings. The number of nitrogens with zero attached hydrogens (tertiary/aromatic N) is 3. The molecule has 0 aliphatic carbocycles. The highest BCUT2D eigenvalue weighted by Crippen LogP contribution is 2.29. The van der Waals surface area contributed by atoms with Gasteiger partial charge in [-0.2, -0.15) is 0 Å². The van der Waals surface area contributed by atoms with Gasteiger partial charge in [-0.3, -0.25) is 9.69 Å². The average molecular weight is 297 g/mol. The maximum Gasteiger partial charge on any atom is 0.186 e. The highest BCUT2D eigenvalue weighted by molar-refractivity contribution is 7.17. The molecule has 2 heterocycles. The molecule has 0 amide bonds. The number of hydrogen-bond acceptors (Lipinski definition) is 6. The zero-order valence-corrected chi connectivity index (χ0v) is 13.3. The van der Waals surface area contributed by atoms with E-state index in [1.54, 1.807) is 7.11 Å². The van der Waals surface area contributed by atoms with Crippen LogP contribution in [0.2, 0.25) is 0 Å². The predicted octanol–water partition coefficient (Wildman–Crippen LogP) is 2.02. The lowest BCUT2D eigenvalue weighted by molar-refractivity contribution is 0.112. The van der Waals surface area contributed by atoms with Gasteiger partial charge in [0, 0.05) is 26.2 Å². The van der Waals surface area contributed by atoms with Crippen LogP contribution >= 0.6 is 11.3 Å². The minimum absolute atomic E-state index is 0.401. The van der Waals surface area contributed by atoms with Crippen molar-refractivity contribution >= 4 is 22.8 Å². The molecule has 20 heavy (non-hydrogen) atoms. The standard InChI is InChI=1S/C14H23N3O2S/c1-4-16(5-2)11-6-7-17(8-11)14-15-12(10-19-3)13(9-18)20-14/h9,11H,4-8,10H2,1-3H3. The molecule has 1 fully saturated rings. The van der Waals surface area contributed by atoms with Gasteiger partial charge in [-0.1, -0.05) is 25.2 Å². The lowest BCUT2D eigenvalue weighted by Crippen LogP contribution is -2.37. The van der Waals surface area contributed by atoms with Crippen molar-refractivity contribution in [2.75, 3.05) is 38.2 Å². The second-order valence-electron chi connectivity index (χ2n) is 4.97. The lowest BCUT2D eigenvalue weighted by Gasteiger charge is -2.25. The quantitative estimate of drug-likeness (QED) is 0.721. The number of likely N-dealkylation sites (N-methyl/N-ethyl adjacent to an activating group) is 1. The molecule has 1 atom stereocenters. The van der Waals surface area contributed by atoms with E-state index in [9.17, 15) is 4.79 Å². The monoisotopic (exact) mass is 297 g/mol. The maximum atomic E-state index is 11.1. The van der Waals surface area contributed by atoms with E-state index in [2.05, 4.69) is 28.6 Å². The fourth-order valence-corrected chi connectivity index (χ4v) is 3.69. The summed E-state index contributed by atoms with van der Waals surface area (Å²) in [6.45, 7) is 8.99. The van der Waals surface area contributed by atoms with Crippen molar-refractivity contribution < 1.29 is 9.53 Å². The van der Waals surface area contributed by atoms with Crippen molar-refractivity contribution in [1.29, 1.82) is 0 Å².